The van der Waals surface area contributed by atoms with Crippen LogP contribution in [0.3, 0.4) is 0 Å². The minimum Gasteiger partial charge on any atom is -0.493 e. The minimum absolute atomic E-state index is 0. The van der Waals surface area contributed by atoms with Crippen LogP contribution in [-0.2, 0) is 19.4 Å². The molecule has 0 aliphatic heterocycles. The summed E-state index contributed by atoms with van der Waals surface area (Å²) >= 11 is 0. The number of ether oxygens (including phenoxy) is 2. The van der Waals surface area contributed by atoms with Crippen LogP contribution < -0.4 is 20.1 Å². The number of nitrogens with one attached hydrogen (secondary N) is 2. The lowest BCUT2D eigenvalue weighted by Gasteiger charge is -2.14. The molecule has 0 amide bonds. The van der Waals surface area contributed by atoms with Crippen molar-refractivity contribution in [3.63, 3.8) is 0 Å². The van der Waals surface area contributed by atoms with Crippen LogP contribution >= 0.6 is 24.0 Å². The molecule has 0 spiro atoms. The monoisotopic (exact) mass is 483 g/mol. The zero-order valence-corrected chi connectivity index (χ0v) is 18.9. The molecule has 0 saturated heterocycles. The Kier molecular flexibility index (Phi) is 10.6. The van der Waals surface area contributed by atoms with Crippen LogP contribution in [0.15, 0.2) is 47.5 Å². The second kappa shape index (κ2) is 12.4. The van der Waals surface area contributed by atoms with Crippen molar-refractivity contribution in [1.29, 1.82) is 0 Å². The highest BCUT2D eigenvalue weighted by atomic mass is 127. The Labute approximate surface area is 179 Å². The first-order chi connectivity index (χ1) is 12.7. The molecule has 0 aromatic heterocycles. The predicted molar refractivity (Wildman–Crippen MR) is 123 cm³/mol. The topological polar surface area (TPSA) is 54.9 Å². The first-order valence-corrected chi connectivity index (χ1v) is 8.94. The van der Waals surface area contributed by atoms with E-state index in [-0.39, 0.29) is 24.0 Å². The van der Waals surface area contributed by atoms with E-state index in [1.165, 1.54) is 16.7 Å². The van der Waals surface area contributed by atoms with Gasteiger partial charge < -0.3 is 20.1 Å². The van der Waals surface area contributed by atoms with Gasteiger partial charge in [0, 0.05) is 20.1 Å². The fourth-order valence-corrected chi connectivity index (χ4v) is 2.84. The summed E-state index contributed by atoms with van der Waals surface area (Å²) in [5.74, 6) is 2.30. The SMILES string of the molecule is CCc1ccccc1CNC(=NC)NCCc1ccc(OC)c(OC)c1.I. The number of halogens is 1. The molecule has 5 nitrogen and oxygen atoms in total. The van der Waals surface area contributed by atoms with Crippen molar-refractivity contribution in [2.24, 2.45) is 4.99 Å². The quantitative estimate of drug-likeness (QED) is 0.341. The molecule has 2 rings (SSSR count). The molecule has 2 N–H and O–H groups in total. The van der Waals surface area contributed by atoms with E-state index in [2.05, 4.69) is 52.9 Å². The van der Waals surface area contributed by atoms with E-state index in [1.807, 2.05) is 12.1 Å². The fraction of sp³-hybridized carbons (Fsp3) is 0.381. The van der Waals surface area contributed by atoms with E-state index in [4.69, 9.17) is 9.47 Å². The number of benzene rings is 2. The molecular weight excluding hydrogens is 453 g/mol. The molecule has 148 valence electrons. The number of hydrogen-bond acceptors (Lipinski definition) is 3. The molecule has 0 saturated carbocycles. The number of rotatable bonds is 8. The van der Waals surface area contributed by atoms with Gasteiger partial charge in [0.1, 0.15) is 0 Å². The molecule has 27 heavy (non-hydrogen) atoms. The van der Waals surface area contributed by atoms with E-state index in [0.717, 1.165) is 43.4 Å². The molecule has 0 unspecified atom stereocenters. The third-order valence-corrected chi connectivity index (χ3v) is 4.32. The molecular formula is C21H30IN3O2. The molecule has 2 aromatic carbocycles. The van der Waals surface area contributed by atoms with Crippen molar-refractivity contribution in [2.75, 3.05) is 27.8 Å². The maximum absolute atomic E-state index is 5.35. The zero-order chi connectivity index (χ0) is 18.8. The lowest BCUT2D eigenvalue weighted by atomic mass is 10.1. The number of nitrogens with zero attached hydrogens (tertiary/aromatic N) is 1. The van der Waals surface area contributed by atoms with Crippen molar-refractivity contribution < 1.29 is 9.47 Å². The smallest absolute Gasteiger partial charge is 0.191 e. The number of aryl methyl sites for hydroxylation is 1. The fourth-order valence-electron chi connectivity index (χ4n) is 2.84. The highest BCUT2D eigenvalue weighted by Crippen LogP contribution is 2.27. The number of hydrogen-bond donors (Lipinski definition) is 2. The predicted octanol–water partition coefficient (Wildman–Crippen LogP) is 3.79. The van der Waals surface area contributed by atoms with Gasteiger partial charge in [-0.15, -0.1) is 24.0 Å². The first-order valence-electron chi connectivity index (χ1n) is 8.94. The van der Waals surface area contributed by atoms with Crippen LogP contribution in [0.1, 0.15) is 23.6 Å². The normalized spacial score (nSPS) is 10.7. The van der Waals surface area contributed by atoms with Gasteiger partial charge in [-0.25, -0.2) is 0 Å². The summed E-state index contributed by atoms with van der Waals surface area (Å²) < 4.78 is 10.6. The largest absolute Gasteiger partial charge is 0.493 e. The van der Waals surface area contributed by atoms with Crippen LogP contribution in [0.5, 0.6) is 11.5 Å². The molecule has 0 heterocycles. The second-order valence-corrected chi connectivity index (χ2v) is 5.91. The van der Waals surface area contributed by atoms with Crippen LogP contribution in [0.2, 0.25) is 0 Å². The minimum atomic E-state index is 0. The lowest BCUT2D eigenvalue weighted by Crippen LogP contribution is -2.38. The molecule has 0 radical (unpaired) electrons. The summed E-state index contributed by atoms with van der Waals surface area (Å²) in [5, 5.41) is 6.74. The van der Waals surface area contributed by atoms with Crippen molar-refractivity contribution in [2.45, 2.75) is 26.3 Å². The Morgan fingerprint density at radius 1 is 0.963 bits per heavy atom. The van der Waals surface area contributed by atoms with Gasteiger partial charge in [0.15, 0.2) is 17.5 Å². The summed E-state index contributed by atoms with van der Waals surface area (Å²) in [6.07, 6.45) is 1.90. The number of methoxy groups -OCH3 is 2. The standard InChI is InChI=1S/C21H29N3O2.HI/c1-5-17-8-6-7-9-18(17)15-24-21(22-2)23-13-12-16-10-11-19(25-3)20(14-16)26-4;/h6-11,14H,5,12-13,15H2,1-4H3,(H2,22,23,24);1H. The maximum Gasteiger partial charge on any atom is 0.191 e. The molecule has 6 heteroatoms. The van der Waals surface area contributed by atoms with Crippen molar-refractivity contribution in [1.82, 2.24) is 10.6 Å². The van der Waals surface area contributed by atoms with Gasteiger partial charge >= 0.3 is 0 Å². The average molecular weight is 483 g/mol. The molecule has 0 bridgehead atoms. The highest BCUT2D eigenvalue weighted by Gasteiger charge is 2.05. The summed E-state index contributed by atoms with van der Waals surface area (Å²) in [6, 6.07) is 14.5. The molecule has 0 aliphatic carbocycles. The van der Waals surface area contributed by atoms with Gasteiger partial charge in [-0.1, -0.05) is 37.3 Å². The van der Waals surface area contributed by atoms with Crippen LogP contribution in [-0.4, -0.2) is 33.8 Å². The average Bonchev–Trinajstić information content (AvgIpc) is 2.70. The van der Waals surface area contributed by atoms with Crippen molar-refractivity contribution >= 4 is 29.9 Å². The second-order valence-electron chi connectivity index (χ2n) is 5.91. The zero-order valence-electron chi connectivity index (χ0n) is 16.5. The highest BCUT2D eigenvalue weighted by molar-refractivity contribution is 14.0. The Morgan fingerprint density at radius 3 is 2.30 bits per heavy atom. The van der Waals surface area contributed by atoms with Crippen molar-refractivity contribution in [3.05, 3.63) is 59.2 Å². The van der Waals surface area contributed by atoms with E-state index in [1.54, 1.807) is 21.3 Å². The van der Waals surface area contributed by atoms with Crippen LogP contribution in [0, 0.1) is 0 Å². The van der Waals surface area contributed by atoms with Gasteiger partial charge in [-0.2, -0.15) is 0 Å². The lowest BCUT2D eigenvalue weighted by molar-refractivity contribution is 0.354. The van der Waals surface area contributed by atoms with Crippen molar-refractivity contribution in [3.8, 4) is 11.5 Å². The van der Waals surface area contributed by atoms with Crippen LogP contribution in [0.25, 0.3) is 0 Å². The first kappa shape index (κ1) is 23.1. The molecule has 0 aliphatic rings. The van der Waals surface area contributed by atoms with Gasteiger partial charge in [-0.3, -0.25) is 4.99 Å². The Balaban J connectivity index is 0.00000364. The van der Waals surface area contributed by atoms with Gasteiger partial charge in [0.25, 0.3) is 0 Å². The molecule has 0 atom stereocenters. The summed E-state index contributed by atoms with van der Waals surface area (Å²) in [6.45, 7) is 3.72. The van der Waals surface area contributed by atoms with E-state index in [0.29, 0.717) is 0 Å². The third kappa shape index (κ3) is 6.93. The van der Waals surface area contributed by atoms with E-state index in [9.17, 15) is 0 Å². The molecule has 0 fully saturated rings. The van der Waals surface area contributed by atoms with E-state index >= 15 is 0 Å². The van der Waals surface area contributed by atoms with E-state index < -0.39 is 0 Å². The Hall–Kier alpha value is -1.96. The van der Waals surface area contributed by atoms with Gasteiger partial charge in [0.2, 0.25) is 0 Å². The number of guanidine groups is 1. The maximum atomic E-state index is 5.35. The van der Waals surface area contributed by atoms with Crippen LogP contribution in [0.4, 0.5) is 0 Å². The molecule has 2 aromatic rings. The Morgan fingerprint density at radius 2 is 1.67 bits per heavy atom. The summed E-state index contributed by atoms with van der Waals surface area (Å²) in [7, 11) is 5.09. The summed E-state index contributed by atoms with van der Waals surface area (Å²) in [5.41, 5.74) is 3.85. The number of aliphatic imine (C=N–C) groups is 1. The van der Waals surface area contributed by atoms with Gasteiger partial charge in [0.05, 0.1) is 14.2 Å². The summed E-state index contributed by atoms with van der Waals surface area (Å²) in [4.78, 5) is 4.30. The van der Waals surface area contributed by atoms with Gasteiger partial charge in [-0.05, 0) is 41.7 Å². The Bertz CT molecular complexity index is 735. The third-order valence-electron chi connectivity index (χ3n) is 4.32.